The average molecular weight is 1080 g/mol. The Bertz CT molecular complexity index is 3490. The number of carbonyl (C=O) groups is 2. The third-order valence-electron chi connectivity index (χ3n) is 15.2. The number of aromatic amines is 1. The molecule has 21 heteroatoms. The largest absolute Gasteiger partial charge is 0.486 e. The first-order chi connectivity index (χ1) is 37.8. The Morgan fingerprint density at radius 1 is 0.949 bits per heavy atom. The third kappa shape index (κ3) is 10.2. The van der Waals surface area contributed by atoms with Crippen LogP contribution in [0.15, 0.2) is 97.5 Å². The van der Waals surface area contributed by atoms with Gasteiger partial charge in [0.2, 0.25) is 11.8 Å². The maximum absolute atomic E-state index is 15.8. The first-order valence-corrected chi connectivity index (χ1v) is 26.5. The molecule has 0 spiro atoms. The monoisotopic (exact) mass is 1080 g/mol. The van der Waals surface area contributed by atoms with Crippen molar-refractivity contribution < 1.29 is 38.4 Å². The van der Waals surface area contributed by atoms with Gasteiger partial charge in [-0.05, 0) is 67.1 Å². The minimum absolute atomic E-state index is 0.0289. The molecule has 5 N–H and O–H groups in total. The zero-order chi connectivity index (χ0) is 54.4. The summed E-state index contributed by atoms with van der Waals surface area (Å²) < 4.78 is 35.9. The number of piperazine rings is 1. The maximum Gasteiger partial charge on any atom is 0.319 e. The molecule has 0 saturated carbocycles. The van der Waals surface area contributed by atoms with Gasteiger partial charge < -0.3 is 44.9 Å². The number of amides is 2. The molecule has 3 aliphatic rings. The second-order valence-electron chi connectivity index (χ2n) is 20.7. The molecule has 2 amide bonds. The molecule has 4 aromatic carbocycles. The van der Waals surface area contributed by atoms with Gasteiger partial charge in [-0.3, -0.25) is 19.7 Å². The van der Waals surface area contributed by atoms with E-state index in [1.165, 1.54) is 15.6 Å². The van der Waals surface area contributed by atoms with Gasteiger partial charge >= 0.3 is 6.01 Å². The van der Waals surface area contributed by atoms with E-state index < -0.39 is 41.9 Å². The molecule has 0 radical (unpaired) electrons. The fraction of sp³-hybridized carbons (Fsp3) is 0.368. The highest BCUT2D eigenvalue weighted by atomic mass is 35.5. The molecule has 7 heterocycles. The number of methoxy groups -OCH3 is 1. The maximum atomic E-state index is 15.8. The fourth-order valence-corrected chi connectivity index (χ4v) is 11.3. The van der Waals surface area contributed by atoms with Gasteiger partial charge in [-0.1, -0.05) is 85.3 Å². The summed E-state index contributed by atoms with van der Waals surface area (Å²) in [5.74, 6) is -0.655. The molecule has 3 fully saturated rings. The Hall–Kier alpha value is -7.62. The van der Waals surface area contributed by atoms with Crippen LogP contribution in [0.25, 0.3) is 55.4 Å². The Morgan fingerprint density at radius 2 is 1.73 bits per heavy atom. The highest BCUT2D eigenvalue weighted by Gasteiger charge is 2.44. The molecule has 3 saturated heterocycles. The van der Waals surface area contributed by atoms with E-state index in [-0.39, 0.29) is 56.9 Å². The molecule has 0 unspecified atom stereocenters. The molecular formula is C57H60ClFN12O7. The van der Waals surface area contributed by atoms with Gasteiger partial charge in [-0.15, -0.1) is 5.10 Å². The summed E-state index contributed by atoms with van der Waals surface area (Å²) in [6.45, 7) is 8.69. The number of aromatic nitrogens is 8. The van der Waals surface area contributed by atoms with Crippen molar-refractivity contribution in [3.63, 3.8) is 0 Å². The normalized spacial score (nSPS) is 19.3. The summed E-state index contributed by atoms with van der Waals surface area (Å²) >= 11 is 7.37. The average Bonchev–Trinajstić information content (AvgIpc) is 4.47. The number of ether oxygens (including phenoxy) is 3. The van der Waals surface area contributed by atoms with E-state index >= 15 is 4.39 Å². The molecule has 3 aliphatic heterocycles. The third-order valence-corrected chi connectivity index (χ3v) is 15.5. The van der Waals surface area contributed by atoms with Crippen LogP contribution in [0.1, 0.15) is 62.4 Å². The summed E-state index contributed by atoms with van der Waals surface area (Å²) in [6, 6.07) is 21.8. The molecule has 7 atom stereocenters. The molecule has 4 aromatic heterocycles. The lowest BCUT2D eigenvalue weighted by atomic mass is 9.94. The predicted octanol–water partition coefficient (Wildman–Crippen LogP) is 7.15. The van der Waals surface area contributed by atoms with Gasteiger partial charge in [0.25, 0.3) is 0 Å². The number of aliphatic hydroxyl groups is 2. The smallest absolute Gasteiger partial charge is 0.319 e. The van der Waals surface area contributed by atoms with Crippen LogP contribution in [0.5, 0.6) is 11.8 Å². The van der Waals surface area contributed by atoms with E-state index in [1.54, 1.807) is 32.6 Å². The van der Waals surface area contributed by atoms with E-state index in [0.717, 1.165) is 36.3 Å². The van der Waals surface area contributed by atoms with Gasteiger partial charge in [-0.2, -0.15) is 15.1 Å². The van der Waals surface area contributed by atoms with Crippen molar-refractivity contribution in [2.45, 2.75) is 89.6 Å². The Morgan fingerprint density at radius 3 is 2.44 bits per heavy atom. The number of likely N-dealkylation sites (tertiary alicyclic amines) is 1. The lowest BCUT2D eigenvalue weighted by Gasteiger charge is -2.30. The number of fused-ring (bicyclic) bond motifs is 4. The first-order valence-electron chi connectivity index (χ1n) is 26.1. The number of hydrogen-bond donors (Lipinski definition) is 5. The SMILES string of the molecule is CO[C@@H](C)COc1nc(N2C[C@@H]3C[C@H]2CN3)c2cc(Cl)c(-c3c(C)c(F)cc4[nH]ncc34)c(OCc3ccc(-c4cn([C@H](C(=O)N5C[C@H](O)C[C@H]5C(=O)N[C@@H](CO)c5ccc(-c6ccccn6)cc5)C(C)C)nn4)cc3)c2n1. The number of β-amino-alcohol motifs (C(OH)–C–C–N with tert-alkyl or cyclic N) is 1. The Balaban J connectivity index is 0.855. The van der Waals surface area contributed by atoms with Gasteiger partial charge in [0.15, 0.2) is 5.75 Å². The van der Waals surface area contributed by atoms with Crippen LogP contribution in [0.3, 0.4) is 0 Å². The molecular weight excluding hydrogens is 1020 g/mol. The van der Waals surface area contributed by atoms with Crippen molar-refractivity contribution in [2.75, 3.05) is 44.9 Å². The van der Waals surface area contributed by atoms with E-state index in [4.69, 9.17) is 35.8 Å². The van der Waals surface area contributed by atoms with Crippen molar-refractivity contribution >= 4 is 51.0 Å². The van der Waals surface area contributed by atoms with E-state index in [1.807, 2.05) is 93.6 Å². The van der Waals surface area contributed by atoms with Crippen LogP contribution in [0.4, 0.5) is 10.2 Å². The second kappa shape index (κ2) is 22.0. The van der Waals surface area contributed by atoms with Crippen molar-refractivity contribution in [3.8, 4) is 45.4 Å². The molecule has 19 nitrogen and oxygen atoms in total. The standard InChI is InChI=1S/C57H60ClFN12O7/c1-30(2)52(56(75)70-25-39(73)19-48(70)55(74)63-47(27-72)36-15-13-34(14-16-36)44-8-6-7-17-60-44)71-26-46(67-68-71)35-11-9-33(10-12-35)29-77-53-50(49-32(4)43(59)21-45-41(49)23-62-66-45)42(58)20-40-51(53)64-57(78-28-31(3)76-5)65-54(40)69-24-37-18-38(69)22-61-37/h6-17,20-21,23,26,30-31,37-39,47-48,52,61,72-73H,18-19,22,24-25,27-29H2,1-5H3,(H,62,66)(H,63,74)/t31-,37-,38-,39+,47-,48-,52-/m0/s1. The molecule has 8 aromatic rings. The summed E-state index contributed by atoms with van der Waals surface area (Å²) in [7, 11) is 1.61. The van der Waals surface area contributed by atoms with Gasteiger partial charge in [0.05, 0.1) is 53.5 Å². The molecule has 404 valence electrons. The van der Waals surface area contributed by atoms with Crippen LogP contribution in [0.2, 0.25) is 5.02 Å². The highest BCUT2D eigenvalue weighted by Crippen LogP contribution is 2.49. The van der Waals surface area contributed by atoms with E-state index in [0.29, 0.717) is 77.9 Å². The van der Waals surface area contributed by atoms with Crippen LogP contribution >= 0.6 is 11.6 Å². The Kier molecular flexibility index (Phi) is 14.8. The molecule has 0 aliphatic carbocycles. The predicted molar refractivity (Wildman–Crippen MR) is 291 cm³/mol. The summed E-state index contributed by atoms with van der Waals surface area (Å²) in [5, 5.41) is 45.4. The number of benzene rings is 4. The number of pyridine rings is 1. The summed E-state index contributed by atoms with van der Waals surface area (Å²) in [4.78, 5) is 46.5. The molecule has 2 bridgehead atoms. The highest BCUT2D eigenvalue weighted by molar-refractivity contribution is 6.35. The van der Waals surface area contributed by atoms with Crippen molar-refractivity contribution in [2.24, 2.45) is 5.92 Å². The number of H-pyrrole nitrogens is 1. The number of nitrogens with one attached hydrogen (secondary N) is 3. The van der Waals surface area contributed by atoms with Crippen LogP contribution in [-0.4, -0.2) is 137 Å². The second-order valence-corrected chi connectivity index (χ2v) is 21.1. The van der Waals surface area contributed by atoms with Gasteiger partial charge in [0, 0.05) is 84.5 Å². The van der Waals surface area contributed by atoms with Gasteiger partial charge in [0.1, 0.15) is 48.1 Å². The number of nitrogens with zero attached hydrogens (tertiary/aromatic N) is 9. The lowest BCUT2D eigenvalue weighted by molar-refractivity contribution is -0.142. The number of rotatable bonds is 18. The number of aliphatic hydroxyl groups excluding tert-OH is 2. The van der Waals surface area contributed by atoms with Crippen molar-refractivity contribution in [1.82, 2.24) is 55.7 Å². The van der Waals surface area contributed by atoms with E-state index in [2.05, 4.69) is 41.0 Å². The van der Waals surface area contributed by atoms with Crippen molar-refractivity contribution in [3.05, 3.63) is 125 Å². The molecule has 11 rings (SSSR count). The topological polar surface area (TPSA) is 231 Å². The summed E-state index contributed by atoms with van der Waals surface area (Å²) in [6.07, 6.45) is 4.86. The van der Waals surface area contributed by atoms with Crippen molar-refractivity contribution in [1.29, 1.82) is 0 Å². The van der Waals surface area contributed by atoms with Crippen LogP contribution in [-0.2, 0) is 20.9 Å². The summed E-state index contributed by atoms with van der Waals surface area (Å²) in [5.41, 5.74) is 6.55. The number of hydrogen-bond acceptors (Lipinski definition) is 15. The van der Waals surface area contributed by atoms with Crippen LogP contribution < -0.4 is 25.0 Å². The lowest BCUT2D eigenvalue weighted by Crippen LogP contribution is -2.50. The molecule has 78 heavy (non-hydrogen) atoms. The number of carbonyl (C=O) groups excluding carboxylic acids is 2. The van der Waals surface area contributed by atoms with E-state index in [9.17, 15) is 19.8 Å². The first kappa shape index (κ1) is 52.4. The number of anilines is 1. The zero-order valence-corrected chi connectivity index (χ0v) is 44.5. The quantitative estimate of drug-likeness (QED) is 0.0575. The Labute approximate surface area is 454 Å². The fourth-order valence-electron chi connectivity index (χ4n) is 11.0. The minimum atomic E-state index is -0.994. The van der Waals surface area contributed by atoms with Gasteiger partial charge in [-0.25, -0.2) is 9.07 Å². The van der Waals surface area contributed by atoms with Crippen LogP contribution in [0, 0.1) is 18.7 Å². The number of halogens is 2. The zero-order valence-electron chi connectivity index (χ0n) is 43.7. The minimum Gasteiger partial charge on any atom is -0.486 e.